The van der Waals surface area contributed by atoms with Crippen molar-refractivity contribution in [1.29, 1.82) is 0 Å². The average molecular weight is 284 g/mol. The lowest BCUT2D eigenvalue weighted by Gasteiger charge is -2.13. The van der Waals surface area contributed by atoms with Crippen LogP contribution < -0.4 is 5.32 Å². The Hall–Kier alpha value is -1.10. The van der Waals surface area contributed by atoms with E-state index in [0.29, 0.717) is 12.6 Å². The van der Waals surface area contributed by atoms with Crippen molar-refractivity contribution in [3.63, 3.8) is 0 Å². The molecule has 1 heterocycles. The topological polar surface area (TPSA) is 51.2 Å². The SMILES string of the molecule is CCOC(=O)Cc1csc(NC(C)CCC(C)C)n1. The summed E-state index contributed by atoms with van der Waals surface area (Å²) in [4.78, 5) is 15.7. The van der Waals surface area contributed by atoms with Gasteiger partial charge in [-0.1, -0.05) is 13.8 Å². The highest BCUT2D eigenvalue weighted by molar-refractivity contribution is 7.13. The first-order valence-electron chi connectivity index (χ1n) is 6.87. The van der Waals surface area contributed by atoms with Gasteiger partial charge in [-0.05, 0) is 32.6 Å². The molecule has 1 unspecified atom stereocenters. The van der Waals surface area contributed by atoms with Gasteiger partial charge in [0.15, 0.2) is 5.13 Å². The van der Waals surface area contributed by atoms with Crippen LogP contribution in [-0.4, -0.2) is 23.6 Å². The van der Waals surface area contributed by atoms with Gasteiger partial charge in [-0.25, -0.2) is 4.98 Å². The first-order chi connectivity index (χ1) is 9.01. The van der Waals surface area contributed by atoms with Crippen LogP contribution in [0.1, 0.15) is 46.2 Å². The minimum atomic E-state index is -0.216. The van der Waals surface area contributed by atoms with Crippen LogP contribution in [-0.2, 0) is 16.0 Å². The van der Waals surface area contributed by atoms with Crippen LogP contribution in [0.15, 0.2) is 5.38 Å². The predicted molar refractivity (Wildman–Crippen MR) is 79.6 cm³/mol. The first kappa shape index (κ1) is 16.0. The number of anilines is 1. The molecule has 0 bridgehead atoms. The first-order valence-corrected chi connectivity index (χ1v) is 7.75. The van der Waals surface area contributed by atoms with E-state index < -0.39 is 0 Å². The highest BCUT2D eigenvalue weighted by Gasteiger charge is 2.10. The Bertz CT molecular complexity index is 391. The fraction of sp³-hybridized carbons (Fsp3) is 0.714. The Morgan fingerprint density at radius 1 is 1.42 bits per heavy atom. The Morgan fingerprint density at radius 3 is 2.79 bits per heavy atom. The Kier molecular flexibility index (Phi) is 6.84. The number of esters is 1. The number of hydrogen-bond donors (Lipinski definition) is 1. The number of carbonyl (C=O) groups excluding carboxylic acids is 1. The highest BCUT2D eigenvalue weighted by atomic mass is 32.1. The van der Waals surface area contributed by atoms with Gasteiger partial charge in [-0.15, -0.1) is 11.3 Å². The Labute approximate surface area is 119 Å². The summed E-state index contributed by atoms with van der Waals surface area (Å²) in [6, 6.07) is 0.406. The smallest absolute Gasteiger partial charge is 0.311 e. The monoisotopic (exact) mass is 284 g/mol. The quantitative estimate of drug-likeness (QED) is 0.742. The molecule has 4 nitrogen and oxygen atoms in total. The minimum absolute atomic E-state index is 0.216. The van der Waals surface area contributed by atoms with Crippen molar-refractivity contribution in [3.05, 3.63) is 11.1 Å². The van der Waals surface area contributed by atoms with Crippen molar-refractivity contribution in [3.8, 4) is 0 Å². The molecule has 0 aliphatic heterocycles. The third-order valence-corrected chi connectivity index (χ3v) is 3.55. The molecular weight excluding hydrogens is 260 g/mol. The second-order valence-electron chi connectivity index (χ2n) is 5.14. The fourth-order valence-corrected chi connectivity index (χ4v) is 2.50. The number of hydrogen-bond acceptors (Lipinski definition) is 5. The van der Waals surface area contributed by atoms with Crippen LogP contribution in [0.25, 0.3) is 0 Å². The molecule has 5 heteroatoms. The number of nitrogens with one attached hydrogen (secondary N) is 1. The van der Waals surface area contributed by atoms with E-state index in [-0.39, 0.29) is 12.4 Å². The summed E-state index contributed by atoms with van der Waals surface area (Å²) in [6.45, 7) is 8.85. The predicted octanol–water partition coefficient (Wildman–Crippen LogP) is 3.49. The number of rotatable bonds is 8. The van der Waals surface area contributed by atoms with Gasteiger partial charge >= 0.3 is 5.97 Å². The molecule has 1 N–H and O–H groups in total. The largest absolute Gasteiger partial charge is 0.466 e. The van der Waals surface area contributed by atoms with E-state index in [1.54, 1.807) is 11.3 Å². The fourth-order valence-electron chi connectivity index (χ4n) is 1.68. The molecule has 0 fully saturated rings. The van der Waals surface area contributed by atoms with E-state index in [1.165, 1.54) is 6.42 Å². The van der Waals surface area contributed by atoms with Gasteiger partial charge in [0.05, 0.1) is 18.7 Å². The third-order valence-electron chi connectivity index (χ3n) is 2.73. The molecule has 0 aliphatic carbocycles. The number of ether oxygens (including phenoxy) is 1. The zero-order chi connectivity index (χ0) is 14.3. The van der Waals surface area contributed by atoms with E-state index in [2.05, 4.69) is 31.1 Å². The van der Waals surface area contributed by atoms with E-state index in [4.69, 9.17) is 4.74 Å². The summed E-state index contributed by atoms with van der Waals surface area (Å²) in [5.74, 6) is 0.507. The van der Waals surface area contributed by atoms with Gasteiger partial charge in [-0.2, -0.15) is 0 Å². The lowest BCUT2D eigenvalue weighted by atomic mass is 10.0. The van der Waals surface area contributed by atoms with E-state index in [9.17, 15) is 4.79 Å². The minimum Gasteiger partial charge on any atom is -0.466 e. The lowest BCUT2D eigenvalue weighted by Crippen LogP contribution is -2.15. The van der Waals surface area contributed by atoms with Crippen LogP contribution in [0.3, 0.4) is 0 Å². The van der Waals surface area contributed by atoms with Crippen molar-refractivity contribution in [2.45, 2.75) is 53.0 Å². The van der Waals surface area contributed by atoms with Crippen LogP contribution in [0.2, 0.25) is 0 Å². The van der Waals surface area contributed by atoms with Gasteiger partial charge in [0, 0.05) is 11.4 Å². The van der Waals surface area contributed by atoms with Gasteiger partial charge in [0.25, 0.3) is 0 Å². The van der Waals surface area contributed by atoms with E-state index >= 15 is 0 Å². The highest BCUT2D eigenvalue weighted by Crippen LogP contribution is 2.18. The molecule has 1 aromatic heterocycles. The molecule has 0 aliphatic rings. The van der Waals surface area contributed by atoms with E-state index in [0.717, 1.165) is 23.2 Å². The average Bonchev–Trinajstić information content (AvgIpc) is 2.74. The van der Waals surface area contributed by atoms with Crippen molar-refractivity contribution in [1.82, 2.24) is 4.98 Å². The summed E-state index contributed by atoms with van der Waals surface area (Å²) in [5, 5.41) is 6.17. The number of carbonyl (C=O) groups is 1. The van der Waals surface area contributed by atoms with E-state index in [1.807, 2.05) is 12.3 Å². The zero-order valence-electron chi connectivity index (χ0n) is 12.2. The van der Waals surface area contributed by atoms with Crippen LogP contribution in [0.4, 0.5) is 5.13 Å². The Balaban J connectivity index is 2.39. The maximum Gasteiger partial charge on any atom is 0.311 e. The summed E-state index contributed by atoms with van der Waals surface area (Å²) in [7, 11) is 0. The number of aromatic nitrogens is 1. The summed E-state index contributed by atoms with van der Waals surface area (Å²) >= 11 is 1.54. The molecule has 19 heavy (non-hydrogen) atoms. The molecule has 1 rings (SSSR count). The molecule has 0 radical (unpaired) electrons. The molecule has 1 aromatic rings. The van der Waals surface area contributed by atoms with Gasteiger partial charge in [-0.3, -0.25) is 4.79 Å². The van der Waals surface area contributed by atoms with Crippen LogP contribution in [0, 0.1) is 5.92 Å². The lowest BCUT2D eigenvalue weighted by molar-refractivity contribution is -0.142. The van der Waals surface area contributed by atoms with Crippen LogP contribution >= 0.6 is 11.3 Å². The Morgan fingerprint density at radius 2 is 2.16 bits per heavy atom. The molecular formula is C14H24N2O2S. The van der Waals surface area contributed by atoms with Crippen molar-refractivity contribution in [2.75, 3.05) is 11.9 Å². The van der Waals surface area contributed by atoms with Crippen LogP contribution in [0.5, 0.6) is 0 Å². The molecule has 0 saturated carbocycles. The number of thiazole rings is 1. The van der Waals surface area contributed by atoms with Gasteiger partial charge in [0.2, 0.25) is 0 Å². The summed E-state index contributed by atoms with van der Waals surface area (Å²) in [6.07, 6.45) is 2.59. The van der Waals surface area contributed by atoms with Crippen molar-refractivity contribution >= 4 is 22.4 Å². The second-order valence-corrected chi connectivity index (χ2v) is 6.00. The molecule has 0 amide bonds. The normalized spacial score (nSPS) is 12.5. The van der Waals surface area contributed by atoms with Gasteiger partial charge < -0.3 is 10.1 Å². The number of nitrogens with zero attached hydrogens (tertiary/aromatic N) is 1. The molecule has 0 spiro atoms. The van der Waals surface area contributed by atoms with Crippen molar-refractivity contribution < 1.29 is 9.53 Å². The summed E-state index contributed by atoms with van der Waals surface area (Å²) < 4.78 is 4.91. The molecule has 1 atom stereocenters. The molecule has 0 aromatic carbocycles. The molecule has 0 saturated heterocycles. The second kappa shape index (κ2) is 8.15. The van der Waals surface area contributed by atoms with Crippen molar-refractivity contribution in [2.24, 2.45) is 5.92 Å². The molecule has 108 valence electrons. The zero-order valence-corrected chi connectivity index (χ0v) is 13.0. The maximum atomic E-state index is 11.3. The third kappa shape index (κ3) is 6.57. The standard InChI is InChI=1S/C14H24N2O2S/c1-5-18-13(17)8-12-9-19-14(16-12)15-11(4)7-6-10(2)3/h9-11H,5-8H2,1-4H3,(H,15,16). The maximum absolute atomic E-state index is 11.3. The summed E-state index contributed by atoms with van der Waals surface area (Å²) in [5.41, 5.74) is 0.780. The van der Waals surface area contributed by atoms with Gasteiger partial charge in [0.1, 0.15) is 0 Å².